The number of carbonyl (C=O) groups excluding carboxylic acids is 2. The van der Waals surface area contributed by atoms with E-state index in [0.717, 1.165) is 31.4 Å². The molecule has 0 atom stereocenters. The Morgan fingerprint density at radius 3 is 1.85 bits per heavy atom. The number of anilines is 1. The van der Waals surface area contributed by atoms with Crippen LogP contribution in [-0.4, -0.2) is 17.9 Å². The Labute approximate surface area is 153 Å². The van der Waals surface area contributed by atoms with Crippen molar-refractivity contribution in [2.24, 2.45) is 0 Å². The van der Waals surface area contributed by atoms with Crippen LogP contribution < -0.4 is 5.32 Å². The van der Waals surface area contributed by atoms with Gasteiger partial charge in [0.15, 0.2) is 0 Å². The summed E-state index contributed by atoms with van der Waals surface area (Å²) in [5, 5.41) is 2.64. The van der Waals surface area contributed by atoms with Crippen molar-refractivity contribution >= 4 is 17.4 Å². The number of alkyl halides is 3. The van der Waals surface area contributed by atoms with Crippen molar-refractivity contribution in [3.63, 3.8) is 0 Å². The van der Waals surface area contributed by atoms with Gasteiger partial charge in [0.05, 0.1) is 0 Å². The summed E-state index contributed by atoms with van der Waals surface area (Å²) in [5.41, 5.74) is -0.0425. The number of Topliss-reactive ketones (excluding diaryl/α,β-unsaturated/α-hetero) is 1. The number of hydrogen-bond donors (Lipinski definition) is 1. The van der Waals surface area contributed by atoms with Crippen LogP contribution in [0.5, 0.6) is 0 Å². The molecule has 0 spiro atoms. The van der Waals surface area contributed by atoms with Crippen molar-refractivity contribution in [3.05, 3.63) is 29.8 Å². The van der Waals surface area contributed by atoms with Gasteiger partial charge in [-0.2, -0.15) is 13.2 Å². The van der Waals surface area contributed by atoms with Crippen LogP contribution in [0.25, 0.3) is 0 Å². The smallest absolute Gasteiger partial charge is 0.326 e. The number of carbonyl (C=O) groups is 2. The highest BCUT2D eigenvalue weighted by Crippen LogP contribution is 2.22. The zero-order chi connectivity index (χ0) is 19.4. The van der Waals surface area contributed by atoms with Crippen LogP contribution in [-0.2, 0) is 4.79 Å². The fourth-order valence-electron chi connectivity index (χ4n) is 2.69. The molecule has 146 valence electrons. The van der Waals surface area contributed by atoms with Gasteiger partial charge < -0.3 is 5.32 Å². The maximum absolute atomic E-state index is 12.3. The number of rotatable bonds is 12. The molecule has 0 saturated carbocycles. The van der Waals surface area contributed by atoms with E-state index in [0.29, 0.717) is 12.1 Å². The molecule has 1 N–H and O–H groups in total. The van der Waals surface area contributed by atoms with Gasteiger partial charge in [0.2, 0.25) is 5.91 Å². The molecule has 0 radical (unpaired) electrons. The maximum atomic E-state index is 12.3. The van der Waals surface area contributed by atoms with Crippen LogP contribution in [0.4, 0.5) is 18.9 Å². The third kappa shape index (κ3) is 9.02. The Morgan fingerprint density at radius 2 is 1.35 bits per heavy atom. The minimum Gasteiger partial charge on any atom is -0.326 e. The predicted octanol–water partition coefficient (Wildman–Crippen LogP) is 6.29. The number of amides is 1. The molecule has 3 nitrogen and oxygen atoms in total. The summed E-state index contributed by atoms with van der Waals surface area (Å²) >= 11 is 0. The molecule has 1 amide bonds. The van der Waals surface area contributed by atoms with E-state index < -0.39 is 17.5 Å². The topological polar surface area (TPSA) is 46.2 Å². The molecular formula is C20H28F3NO2. The van der Waals surface area contributed by atoms with E-state index in [4.69, 9.17) is 0 Å². The Balaban J connectivity index is 2.20. The number of unbranched alkanes of at least 4 members (excludes halogenated alkanes) is 8. The van der Waals surface area contributed by atoms with Gasteiger partial charge in [-0.25, -0.2) is 0 Å². The molecule has 0 aliphatic rings. The molecule has 1 aromatic carbocycles. The normalized spacial score (nSPS) is 11.4. The van der Waals surface area contributed by atoms with Crippen molar-refractivity contribution < 1.29 is 22.8 Å². The van der Waals surface area contributed by atoms with Gasteiger partial charge in [-0.15, -0.1) is 0 Å². The molecule has 0 aliphatic heterocycles. The van der Waals surface area contributed by atoms with Crippen LogP contribution in [0.2, 0.25) is 0 Å². The zero-order valence-corrected chi connectivity index (χ0v) is 15.3. The highest BCUT2D eigenvalue weighted by Gasteiger charge is 2.39. The zero-order valence-electron chi connectivity index (χ0n) is 15.3. The van der Waals surface area contributed by atoms with Crippen molar-refractivity contribution in [3.8, 4) is 0 Å². The fraction of sp³-hybridized carbons (Fsp3) is 0.600. The fourth-order valence-corrected chi connectivity index (χ4v) is 2.69. The summed E-state index contributed by atoms with van der Waals surface area (Å²) in [6, 6.07) is 4.77. The summed E-state index contributed by atoms with van der Waals surface area (Å²) in [6.07, 6.45) is 5.98. The first kappa shape index (κ1) is 22.2. The molecule has 1 aromatic rings. The van der Waals surface area contributed by atoms with Crippen LogP contribution >= 0.6 is 0 Å². The van der Waals surface area contributed by atoms with E-state index in [-0.39, 0.29) is 5.91 Å². The SMILES string of the molecule is CCCCCCCCCCCC(=O)Nc1ccc(C(=O)C(F)(F)F)cc1. The third-order valence-electron chi connectivity index (χ3n) is 4.20. The average molecular weight is 371 g/mol. The average Bonchev–Trinajstić information content (AvgIpc) is 2.59. The van der Waals surface area contributed by atoms with Gasteiger partial charge in [0.1, 0.15) is 0 Å². The van der Waals surface area contributed by atoms with Crippen LogP contribution in [0, 0.1) is 0 Å². The molecule has 0 aromatic heterocycles. The van der Waals surface area contributed by atoms with E-state index in [1.54, 1.807) is 0 Å². The predicted molar refractivity (Wildman–Crippen MR) is 97.3 cm³/mol. The lowest BCUT2D eigenvalue weighted by Crippen LogP contribution is -2.22. The molecule has 0 aliphatic carbocycles. The maximum Gasteiger partial charge on any atom is 0.454 e. The first-order valence-electron chi connectivity index (χ1n) is 9.36. The van der Waals surface area contributed by atoms with E-state index in [1.807, 2.05) is 0 Å². The van der Waals surface area contributed by atoms with Crippen molar-refractivity contribution in [2.45, 2.75) is 77.3 Å². The van der Waals surface area contributed by atoms with Crippen LogP contribution in [0.1, 0.15) is 81.5 Å². The molecule has 0 fully saturated rings. The largest absolute Gasteiger partial charge is 0.454 e. The van der Waals surface area contributed by atoms with Gasteiger partial charge in [-0.1, -0.05) is 58.3 Å². The summed E-state index contributed by atoms with van der Waals surface area (Å²) in [5.74, 6) is -2.05. The first-order valence-corrected chi connectivity index (χ1v) is 9.36. The van der Waals surface area contributed by atoms with Crippen molar-refractivity contribution in [2.75, 3.05) is 5.32 Å². The molecule has 0 unspecified atom stereocenters. The standard InChI is InChI=1S/C20H28F3NO2/c1-2-3-4-5-6-7-8-9-10-11-18(25)24-17-14-12-16(13-15-17)19(26)20(21,22)23/h12-15H,2-11H2,1H3,(H,24,25). The summed E-state index contributed by atoms with van der Waals surface area (Å²) < 4.78 is 37.0. The lowest BCUT2D eigenvalue weighted by atomic mass is 10.1. The van der Waals surface area contributed by atoms with Gasteiger partial charge in [0.25, 0.3) is 5.78 Å². The van der Waals surface area contributed by atoms with Gasteiger partial charge >= 0.3 is 6.18 Å². The summed E-state index contributed by atoms with van der Waals surface area (Å²) in [6.45, 7) is 2.20. The van der Waals surface area contributed by atoms with E-state index >= 15 is 0 Å². The highest BCUT2D eigenvalue weighted by molar-refractivity contribution is 6.00. The Hall–Kier alpha value is -1.85. The highest BCUT2D eigenvalue weighted by atomic mass is 19.4. The lowest BCUT2D eigenvalue weighted by Gasteiger charge is -2.08. The summed E-state index contributed by atoms with van der Waals surface area (Å²) in [7, 11) is 0. The minimum absolute atomic E-state index is 0.164. The quantitative estimate of drug-likeness (QED) is 0.347. The Morgan fingerprint density at radius 1 is 0.846 bits per heavy atom. The van der Waals surface area contributed by atoms with Gasteiger partial charge in [-0.3, -0.25) is 9.59 Å². The van der Waals surface area contributed by atoms with Crippen molar-refractivity contribution in [1.29, 1.82) is 0 Å². The second kappa shape index (κ2) is 11.7. The second-order valence-electron chi connectivity index (χ2n) is 6.53. The monoisotopic (exact) mass is 371 g/mol. The molecule has 0 saturated heterocycles. The van der Waals surface area contributed by atoms with Crippen LogP contribution in [0.3, 0.4) is 0 Å². The Kier molecular flexibility index (Phi) is 9.99. The Bertz CT molecular complexity index is 553. The van der Waals surface area contributed by atoms with E-state index in [2.05, 4.69) is 12.2 Å². The number of hydrogen-bond acceptors (Lipinski definition) is 2. The second-order valence-corrected chi connectivity index (χ2v) is 6.53. The van der Waals surface area contributed by atoms with Crippen LogP contribution in [0.15, 0.2) is 24.3 Å². The molecule has 6 heteroatoms. The minimum atomic E-state index is -4.89. The third-order valence-corrected chi connectivity index (χ3v) is 4.20. The molecule has 1 rings (SSSR count). The first-order chi connectivity index (χ1) is 12.3. The van der Waals surface area contributed by atoms with E-state index in [1.165, 1.54) is 50.7 Å². The molecule has 26 heavy (non-hydrogen) atoms. The molecular weight excluding hydrogens is 343 g/mol. The molecule has 0 bridgehead atoms. The van der Waals surface area contributed by atoms with E-state index in [9.17, 15) is 22.8 Å². The van der Waals surface area contributed by atoms with Gasteiger partial charge in [0, 0.05) is 17.7 Å². The number of benzene rings is 1. The van der Waals surface area contributed by atoms with Crippen molar-refractivity contribution in [1.82, 2.24) is 0 Å². The lowest BCUT2D eigenvalue weighted by molar-refractivity contribution is -0.116. The molecule has 0 heterocycles. The van der Waals surface area contributed by atoms with Gasteiger partial charge in [-0.05, 0) is 30.7 Å². The number of ketones is 1. The number of nitrogens with one attached hydrogen (secondary N) is 1. The summed E-state index contributed by atoms with van der Waals surface area (Å²) in [4.78, 5) is 22.9. The number of halogens is 3.